The summed E-state index contributed by atoms with van der Waals surface area (Å²) in [6.45, 7) is -0.0292. The third-order valence-electron chi connectivity index (χ3n) is 4.26. The lowest BCUT2D eigenvalue weighted by Crippen LogP contribution is -2.43. The fraction of sp³-hybridized carbons (Fsp3) is 0.100. The van der Waals surface area contributed by atoms with Gasteiger partial charge in [0, 0.05) is 19.0 Å². The first-order valence-corrected chi connectivity index (χ1v) is 10.3. The average molecular weight is 474 g/mol. The Labute approximate surface area is 190 Å². The van der Waals surface area contributed by atoms with Crippen LogP contribution in [0.5, 0.6) is 0 Å². The molecule has 1 saturated heterocycles. The molecule has 1 aliphatic rings. The van der Waals surface area contributed by atoms with Crippen LogP contribution in [0.1, 0.15) is 22.3 Å². The van der Waals surface area contributed by atoms with E-state index < -0.39 is 28.2 Å². The van der Waals surface area contributed by atoms with Gasteiger partial charge in [-0.1, -0.05) is 48.2 Å². The molecule has 0 aromatic heterocycles. The molecule has 32 heavy (non-hydrogen) atoms. The minimum Gasteiger partial charge on any atom is -0.292 e. The van der Waals surface area contributed by atoms with Crippen LogP contribution in [-0.2, 0) is 9.59 Å². The van der Waals surface area contributed by atoms with Gasteiger partial charge in [-0.2, -0.15) is 0 Å². The summed E-state index contributed by atoms with van der Waals surface area (Å²) >= 11 is 6.26. The second-order valence-corrected chi connectivity index (χ2v) is 8.09. The highest BCUT2D eigenvalue weighted by molar-refractivity contribution is 8.26. The Bertz CT molecular complexity index is 1140. The molecule has 12 heteroatoms. The second kappa shape index (κ2) is 10.1. The Balaban J connectivity index is 1.54. The minimum atomic E-state index is -0.849. The number of thiocarbonyl (C=S) groups is 1. The summed E-state index contributed by atoms with van der Waals surface area (Å²) in [4.78, 5) is 48.6. The molecule has 2 aromatic rings. The number of nitro benzene ring substituents is 1. The standard InChI is InChI=1S/C20H15FN4O5S2/c21-13-7-5-12(6-8-13)11-16-19(28)24(20(31)32-16)10-9-17(26)22-23-18(27)14-3-1-2-4-15(14)25(29)30/h1-8,11H,9-10H2,(H,22,26)(H,23,27)/b16-11+. The number of nitro groups is 1. The predicted octanol–water partition coefficient (Wildman–Crippen LogP) is 2.79. The number of para-hydroxylation sites is 1. The number of hydrogen-bond acceptors (Lipinski definition) is 7. The molecule has 0 radical (unpaired) electrons. The molecule has 0 bridgehead atoms. The molecule has 0 spiro atoms. The monoisotopic (exact) mass is 474 g/mol. The summed E-state index contributed by atoms with van der Waals surface area (Å²) in [6, 6.07) is 10.9. The maximum atomic E-state index is 13.0. The first kappa shape index (κ1) is 23.0. The van der Waals surface area contributed by atoms with Crippen molar-refractivity contribution in [3.63, 3.8) is 0 Å². The zero-order valence-corrected chi connectivity index (χ0v) is 17.9. The van der Waals surface area contributed by atoms with Gasteiger partial charge in [-0.3, -0.25) is 40.2 Å². The van der Waals surface area contributed by atoms with Gasteiger partial charge in [-0.05, 0) is 29.8 Å². The van der Waals surface area contributed by atoms with Crippen LogP contribution in [0.15, 0.2) is 53.4 Å². The second-order valence-electron chi connectivity index (χ2n) is 6.41. The molecule has 0 aliphatic carbocycles. The highest BCUT2D eigenvalue weighted by Crippen LogP contribution is 2.32. The summed E-state index contributed by atoms with van der Waals surface area (Å²) in [7, 11) is 0. The van der Waals surface area contributed by atoms with Crippen molar-refractivity contribution in [2.24, 2.45) is 0 Å². The van der Waals surface area contributed by atoms with Gasteiger partial charge in [0.2, 0.25) is 5.91 Å². The van der Waals surface area contributed by atoms with Gasteiger partial charge < -0.3 is 0 Å². The Morgan fingerprint density at radius 2 is 1.84 bits per heavy atom. The SMILES string of the molecule is O=C(CCN1C(=O)/C(=C\c2ccc(F)cc2)SC1=S)NNC(=O)c1ccccc1[N+](=O)[O-]. The Morgan fingerprint density at radius 1 is 1.16 bits per heavy atom. The van der Waals surface area contributed by atoms with E-state index >= 15 is 0 Å². The van der Waals surface area contributed by atoms with Gasteiger partial charge in [-0.15, -0.1) is 0 Å². The summed E-state index contributed by atoms with van der Waals surface area (Å²) in [5, 5.41) is 11.0. The van der Waals surface area contributed by atoms with Gasteiger partial charge >= 0.3 is 0 Å². The van der Waals surface area contributed by atoms with E-state index in [1.54, 1.807) is 6.08 Å². The number of thioether (sulfide) groups is 1. The van der Waals surface area contributed by atoms with Crippen LogP contribution in [0.25, 0.3) is 6.08 Å². The number of rotatable bonds is 6. The predicted molar refractivity (Wildman–Crippen MR) is 120 cm³/mol. The summed E-state index contributed by atoms with van der Waals surface area (Å²) in [5.74, 6) is -2.25. The van der Waals surface area contributed by atoms with Gasteiger partial charge in [-0.25, -0.2) is 4.39 Å². The zero-order chi connectivity index (χ0) is 23.3. The number of halogens is 1. The third kappa shape index (κ3) is 5.53. The van der Waals surface area contributed by atoms with Crippen molar-refractivity contribution < 1.29 is 23.7 Å². The molecule has 164 valence electrons. The maximum absolute atomic E-state index is 13.0. The van der Waals surface area contributed by atoms with E-state index in [-0.39, 0.29) is 28.8 Å². The van der Waals surface area contributed by atoms with Crippen molar-refractivity contribution in [3.05, 3.63) is 80.5 Å². The molecule has 0 atom stereocenters. The number of nitrogens with one attached hydrogen (secondary N) is 2. The Morgan fingerprint density at radius 3 is 2.53 bits per heavy atom. The molecule has 1 fully saturated rings. The van der Waals surface area contributed by atoms with Crippen LogP contribution in [0.3, 0.4) is 0 Å². The van der Waals surface area contributed by atoms with Crippen molar-refractivity contribution in [1.82, 2.24) is 15.8 Å². The maximum Gasteiger partial charge on any atom is 0.282 e. The first-order chi connectivity index (χ1) is 15.3. The van der Waals surface area contributed by atoms with Crippen molar-refractivity contribution in [3.8, 4) is 0 Å². The van der Waals surface area contributed by atoms with Crippen LogP contribution in [0.2, 0.25) is 0 Å². The van der Waals surface area contributed by atoms with Gasteiger partial charge in [0.25, 0.3) is 17.5 Å². The fourth-order valence-electron chi connectivity index (χ4n) is 2.70. The molecule has 0 unspecified atom stereocenters. The van der Waals surface area contributed by atoms with E-state index in [0.717, 1.165) is 11.8 Å². The highest BCUT2D eigenvalue weighted by Gasteiger charge is 2.32. The molecular formula is C20H15FN4O5S2. The fourth-order valence-corrected chi connectivity index (χ4v) is 4.01. The number of amides is 3. The molecule has 0 saturated carbocycles. The first-order valence-electron chi connectivity index (χ1n) is 9.10. The van der Waals surface area contributed by atoms with E-state index in [9.17, 15) is 28.9 Å². The number of carbonyl (C=O) groups is 3. The Hall–Kier alpha value is -3.64. The molecule has 1 aliphatic heterocycles. The van der Waals surface area contributed by atoms with Gasteiger partial charge in [0.05, 0.1) is 9.83 Å². The van der Waals surface area contributed by atoms with Crippen LogP contribution in [-0.4, -0.2) is 38.4 Å². The van der Waals surface area contributed by atoms with Crippen LogP contribution < -0.4 is 10.9 Å². The van der Waals surface area contributed by atoms with E-state index in [4.69, 9.17) is 12.2 Å². The minimum absolute atomic E-state index is 0.0292. The molecule has 2 aromatic carbocycles. The van der Waals surface area contributed by atoms with E-state index in [1.165, 1.54) is 53.4 Å². The van der Waals surface area contributed by atoms with E-state index in [0.29, 0.717) is 10.5 Å². The summed E-state index contributed by atoms with van der Waals surface area (Å²) < 4.78 is 13.3. The number of hydrazine groups is 1. The molecule has 3 rings (SSSR count). The molecular weight excluding hydrogens is 459 g/mol. The van der Waals surface area contributed by atoms with Crippen molar-refractivity contribution in [2.45, 2.75) is 6.42 Å². The topological polar surface area (TPSA) is 122 Å². The lowest BCUT2D eigenvalue weighted by Gasteiger charge is -2.14. The number of nitrogens with zero attached hydrogens (tertiary/aromatic N) is 2. The zero-order valence-electron chi connectivity index (χ0n) is 16.2. The van der Waals surface area contributed by atoms with Crippen molar-refractivity contribution in [1.29, 1.82) is 0 Å². The quantitative estimate of drug-likeness (QED) is 0.286. The normalized spacial score (nSPS) is 14.5. The third-order valence-corrected chi connectivity index (χ3v) is 5.64. The van der Waals surface area contributed by atoms with E-state index in [1.807, 2.05) is 0 Å². The lowest BCUT2D eigenvalue weighted by molar-refractivity contribution is -0.385. The Kier molecular flexibility index (Phi) is 7.28. The largest absolute Gasteiger partial charge is 0.292 e. The van der Waals surface area contributed by atoms with Crippen LogP contribution in [0, 0.1) is 15.9 Å². The van der Waals surface area contributed by atoms with Gasteiger partial charge in [0.15, 0.2) is 0 Å². The van der Waals surface area contributed by atoms with Crippen LogP contribution >= 0.6 is 24.0 Å². The van der Waals surface area contributed by atoms with Crippen molar-refractivity contribution >= 4 is 57.8 Å². The average Bonchev–Trinajstić information content (AvgIpc) is 3.04. The molecule has 3 amide bonds. The number of hydrogen-bond donors (Lipinski definition) is 2. The number of benzene rings is 2. The van der Waals surface area contributed by atoms with Gasteiger partial charge in [0.1, 0.15) is 15.7 Å². The number of carbonyl (C=O) groups excluding carboxylic acids is 3. The molecule has 1 heterocycles. The molecule has 2 N–H and O–H groups in total. The van der Waals surface area contributed by atoms with Crippen molar-refractivity contribution in [2.75, 3.05) is 6.54 Å². The molecule has 9 nitrogen and oxygen atoms in total. The van der Waals surface area contributed by atoms with E-state index in [2.05, 4.69) is 10.9 Å². The lowest BCUT2D eigenvalue weighted by atomic mass is 10.2. The smallest absolute Gasteiger partial charge is 0.282 e. The summed E-state index contributed by atoms with van der Waals surface area (Å²) in [5.41, 5.74) is 4.29. The van der Waals surface area contributed by atoms with Crippen LogP contribution in [0.4, 0.5) is 10.1 Å². The highest BCUT2D eigenvalue weighted by atomic mass is 32.2. The summed E-state index contributed by atoms with van der Waals surface area (Å²) in [6.07, 6.45) is 1.40.